The van der Waals surface area contributed by atoms with Gasteiger partial charge in [0.05, 0.1) is 12.1 Å². The number of hydrogen-bond donors (Lipinski definition) is 1. The molecule has 0 saturated carbocycles. The van der Waals surface area contributed by atoms with Crippen LogP contribution >= 0.6 is 27.3 Å². The lowest BCUT2D eigenvalue weighted by Gasteiger charge is -2.17. The molecule has 4 heteroatoms. The molecule has 0 aliphatic heterocycles. The van der Waals surface area contributed by atoms with Gasteiger partial charge in [-0.25, -0.2) is 0 Å². The Morgan fingerprint density at radius 3 is 2.32 bits per heavy atom. The van der Waals surface area contributed by atoms with Crippen molar-refractivity contribution < 1.29 is 4.74 Å². The summed E-state index contributed by atoms with van der Waals surface area (Å²) >= 11 is 5.35. The standard InChI is InChI=1S/C15H18BrNOS/c1-10(2)18-12-6-4-11(5-7-12)14(17-3)15-13(16)8-9-19-15/h4-10,14,17H,1-3H3. The smallest absolute Gasteiger partial charge is 0.119 e. The average molecular weight is 340 g/mol. The molecule has 0 spiro atoms. The molecule has 2 rings (SSSR count). The second-order valence-electron chi connectivity index (χ2n) is 4.59. The number of ether oxygens (including phenoxy) is 1. The van der Waals surface area contributed by atoms with E-state index in [1.807, 2.05) is 33.0 Å². The van der Waals surface area contributed by atoms with Crippen LogP contribution in [-0.2, 0) is 0 Å². The van der Waals surface area contributed by atoms with Crippen LogP contribution < -0.4 is 10.1 Å². The summed E-state index contributed by atoms with van der Waals surface area (Å²) < 4.78 is 6.82. The lowest BCUT2D eigenvalue weighted by atomic mass is 10.1. The Morgan fingerprint density at radius 2 is 1.84 bits per heavy atom. The minimum Gasteiger partial charge on any atom is -0.491 e. The fourth-order valence-corrected chi connectivity index (χ4v) is 3.71. The summed E-state index contributed by atoms with van der Waals surface area (Å²) in [6, 6.07) is 10.6. The zero-order valence-corrected chi connectivity index (χ0v) is 13.7. The molecule has 1 aromatic heterocycles. The number of benzene rings is 1. The normalized spacial score (nSPS) is 12.7. The molecule has 102 valence electrons. The van der Waals surface area contributed by atoms with E-state index >= 15 is 0 Å². The average Bonchev–Trinajstić information content (AvgIpc) is 2.78. The zero-order valence-electron chi connectivity index (χ0n) is 11.3. The lowest BCUT2D eigenvalue weighted by Crippen LogP contribution is -2.16. The fourth-order valence-electron chi connectivity index (χ4n) is 1.97. The van der Waals surface area contributed by atoms with Crippen LogP contribution in [0.5, 0.6) is 5.75 Å². The van der Waals surface area contributed by atoms with Gasteiger partial charge in [0.1, 0.15) is 5.75 Å². The molecule has 0 amide bonds. The summed E-state index contributed by atoms with van der Waals surface area (Å²) in [5, 5.41) is 5.46. The minimum atomic E-state index is 0.206. The Hall–Kier alpha value is -0.840. The second kappa shape index (κ2) is 6.55. The van der Waals surface area contributed by atoms with E-state index in [4.69, 9.17) is 4.74 Å². The molecule has 1 heterocycles. The maximum absolute atomic E-state index is 5.67. The van der Waals surface area contributed by atoms with Crippen molar-refractivity contribution in [1.29, 1.82) is 0 Å². The fraction of sp³-hybridized carbons (Fsp3) is 0.333. The highest BCUT2D eigenvalue weighted by molar-refractivity contribution is 9.10. The summed E-state index contributed by atoms with van der Waals surface area (Å²) in [4.78, 5) is 1.29. The monoisotopic (exact) mass is 339 g/mol. The van der Waals surface area contributed by atoms with E-state index in [1.54, 1.807) is 11.3 Å². The Labute approximate surface area is 126 Å². The van der Waals surface area contributed by atoms with Crippen molar-refractivity contribution in [2.45, 2.75) is 26.0 Å². The lowest BCUT2D eigenvalue weighted by molar-refractivity contribution is 0.242. The Morgan fingerprint density at radius 1 is 1.16 bits per heavy atom. The number of rotatable bonds is 5. The van der Waals surface area contributed by atoms with Crippen LogP contribution in [0.1, 0.15) is 30.3 Å². The van der Waals surface area contributed by atoms with Crippen molar-refractivity contribution in [3.05, 3.63) is 50.6 Å². The Bertz CT molecular complexity index is 521. The highest BCUT2D eigenvalue weighted by Gasteiger charge is 2.16. The number of thiophene rings is 1. The third-order valence-corrected chi connectivity index (χ3v) is 4.72. The van der Waals surface area contributed by atoms with Crippen LogP contribution in [0.25, 0.3) is 0 Å². The van der Waals surface area contributed by atoms with Crippen LogP contribution in [0.4, 0.5) is 0 Å². The molecule has 0 aliphatic carbocycles. The second-order valence-corrected chi connectivity index (χ2v) is 6.39. The first-order valence-electron chi connectivity index (χ1n) is 6.28. The highest BCUT2D eigenvalue weighted by atomic mass is 79.9. The van der Waals surface area contributed by atoms with Crippen LogP contribution in [0.2, 0.25) is 0 Å². The van der Waals surface area contributed by atoms with Crippen molar-refractivity contribution in [1.82, 2.24) is 5.32 Å². The summed E-state index contributed by atoms with van der Waals surface area (Å²) in [5.74, 6) is 0.916. The molecule has 0 fully saturated rings. The molecule has 0 radical (unpaired) electrons. The first kappa shape index (κ1) is 14.6. The topological polar surface area (TPSA) is 21.3 Å². The summed E-state index contributed by atoms with van der Waals surface area (Å²) in [7, 11) is 1.98. The van der Waals surface area contributed by atoms with Gasteiger partial charge in [0.25, 0.3) is 0 Å². The predicted molar refractivity (Wildman–Crippen MR) is 85.1 cm³/mol. The first-order valence-corrected chi connectivity index (χ1v) is 7.96. The van der Waals surface area contributed by atoms with Crippen LogP contribution in [-0.4, -0.2) is 13.2 Å². The van der Waals surface area contributed by atoms with Gasteiger partial charge in [0, 0.05) is 9.35 Å². The quantitative estimate of drug-likeness (QED) is 0.858. The third kappa shape index (κ3) is 3.59. The minimum absolute atomic E-state index is 0.206. The molecule has 2 nitrogen and oxygen atoms in total. The zero-order chi connectivity index (χ0) is 13.8. The first-order chi connectivity index (χ1) is 9.11. The maximum Gasteiger partial charge on any atom is 0.119 e. The SMILES string of the molecule is CNC(c1ccc(OC(C)C)cc1)c1sccc1Br. The largest absolute Gasteiger partial charge is 0.491 e. The van der Waals surface area contributed by atoms with Crippen molar-refractivity contribution in [3.8, 4) is 5.75 Å². The van der Waals surface area contributed by atoms with E-state index in [9.17, 15) is 0 Å². The molecule has 1 unspecified atom stereocenters. The van der Waals surface area contributed by atoms with Crippen LogP contribution in [0, 0.1) is 0 Å². The van der Waals surface area contributed by atoms with Gasteiger partial charge < -0.3 is 10.1 Å². The third-order valence-electron chi connectivity index (χ3n) is 2.78. The summed E-state index contributed by atoms with van der Waals surface area (Å²) in [5.41, 5.74) is 1.24. The van der Waals surface area contributed by atoms with Gasteiger partial charge in [-0.15, -0.1) is 11.3 Å². The molecule has 1 aromatic carbocycles. The molecule has 1 atom stereocenters. The van der Waals surface area contributed by atoms with Crippen molar-refractivity contribution >= 4 is 27.3 Å². The molecule has 1 N–H and O–H groups in total. The van der Waals surface area contributed by atoms with Gasteiger partial charge in [-0.2, -0.15) is 0 Å². The molecular formula is C15H18BrNOS. The van der Waals surface area contributed by atoms with Gasteiger partial charge in [0.15, 0.2) is 0 Å². The van der Waals surface area contributed by atoms with Gasteiger partial charge >= 0.3 is 0 Å². The predicted octanol–water partition coefficient (Wildman–Crippen LogP) is 4.61. The molecule has 0 aliphatic rings. The molecule has 2 aromatic rings. The van der Waals surface area contributed by atoms with Crippen molar-refractivity contribution in [2.75, 3.05) is 7.05 Å². The van der Waals surface area contributed by atoms with E-state index < -0.39 is 0 Å². The molecule has 0 saturated heterocycles. The van der Waals surface area contributed by atoms with Gasteiger partial charge in [-0.3, -0.25) is 0 Å². The van der Waals surface area contributed by atoms with Crippen molar-refractivity contribution in [2.24, 2.45) is 0 Å². The summed E-state index contributed by atoms with van der Waals surface area (Å²) in [6.07, 6.45) is 0.206. The van der Waals surface area contributed by atoms with Crippen LogP contribution in [0.3, 0.4) is 0 Å². The van der Waals surface area contributed by atoms with E-state index in [1.165, 1.54) is 10.4 Å². The van der Waals surface area contributed by atoms with E-state index in [-0.39, 0.29) is 12.1 Å². The number of hydrogen-bond acceptors (Lipinski definition) is 3. The molecular weight excluding hydrogens is 322 g/mol. The van der Waals surface area contributed by atoms with E-state index in [2.05, 4.69) is 44.8 Å². The van der Waals surface area contributed by atoms with Gasteiger partial charge in [0.2, 0.25) is 0 Å². The number of halogens is 1. The Kier molecular flexibility index (Phi) is 5.02. The van der Waals surface area contributed by atoms with Crippen molar-refractivity contribution in [3.63, 3.8) is 0 Å². The van der Waals surface area contributed by atoms with Crippen LogP contribution in [0.15, 0.2) is 40.2 Å². The van der Waals surface area contributed by atoms with E-state index in [0.29, 0.717) is 0 Å². The maximum atomic E-state index is 5.67. The number of nitrogens with one attached hydrogen (secondary N) is 1. The molecule has 0 bridgehead atoms. The van der Waals surface area contributed by atoms with Gasteiger partial charge in [-0.05, 0) is 66.0 Å². The van der Waals surface area contributed by atoms with E-state index in [0.717, 1.165) is 10.2 Å². The molecule has 19 heavy (non-hydrogen) atoms. The highest BCUT2D eigenvalue weighted by Crippen LogP contribution is 2.33. The van der Waals surface area contributed by atoms with Gasteiger partial charge in [-0.1, -0.05) is 12.1 Å². The summed E-state index contributed by atoms with van der Waals surface area (Å²) in [6.45, 7) is 4.07. The Balaban J connectivity index is 2.22.